The van der Waals surface area contributed by atoms with Gasteiger partial charge in [0.05, 0.1) is 33.4 Å². The van der Waals surface area contributed by atoms with Crippen LogP contribution in [0.2, 0.25) is 0 Å². The molecule has 4 nitrogen and oxygen atoms in total. The van der Waals surface area contributed by atoms with Crippen LogP contribution >= 0.6 is 0 Å². The molecule has 18 rings (SSSR count). The summed E-state index contributed by atoms with van der Waals surface area (Å²) in [6.45, 7) is 14.0. The molecule has 3 aliphatic rings. The molecule has 0 spiro atoms. The van der Waals surface area contributed by atoms with Crippen molar-refractivity contribution in [3.63, 3.8) is 0 Å². The number of nitrogens with zero attached hydrogens (tertiary/aromatic N) is 4. The van der Waals surface area contributed by atoms with Gasteiger partial charge >= 0.3 is 0 Å². The van der Waals surface area contributed by atoms with E-state index in [1.54, 1.807) is 0 Å². The van der Waals surface area contributed by atoms with Crippen LogP contribution in [0.15, 0.2) is 291 Å². The molecular formula is C92H77BN4. The Morgan fingerprint density at radius 2 is 0.619 bits per heavy atom. The molecular weight excluding hydrogens is 1170 g/mol. The SMILES string of the molecule is CC(C)(C)c1cc(-c2ccccc2)c(N2c3cc(-n4c5ccccc5c5ccccc54)ccc3B3c4ccc(-n5c6ccccc6c6ccccc65)cc4N(c4c(-c5ccccc5)cc(C(C)(C)C)cc4-c4ccccc4)c4cc(C5CCCCC5)cc2c43)c(-c2ccccc2)c1. The lowest BCUT2D eigenvalue weighted by atomic mass is 9.33. The second-order valence-electron chi connectivity index (χ2n) is 29.4. The third-order valence-electron chi connectivity index (χ3n) is 21.6. The van der Waals surface area contributed by atoms with Gasteiger partial charge in [-0.1, -0.05) is 267 Å². The van der Waals surface area contributed by atoms with Crippen molar-refractivity contribution >= 4 is 101 Å². The fourth-order valence-electron chi connectivity index (χ4n) is 16.8. The molecule has 0 bridgehead atoms. The summed E-state index contributed by atoms with van der Waals surface area (Å²) in [5, 5.41) is 4.98. The van der Waals surface area contributed by atoms with Crippen molar-refractivity contribution in [3.05, 3.63) is 308 Å². The van der Waals surface area contributed by atoms with Gasteiger partial charge in [-0.05, 0) is 170 Å². The van der Waals surface area contributed by atoms with E-state index in [9.17, 15) is 0 Å². The smallest absolute Gasteiger partial charge is 0.252 e. The first-order valence-corrected chi connectivity index (χ1v) is 35.0. The Labute approximate surface area is 570 Å². The van der Waals surface area contributed by atoms with Gasteiger partial charge in [-0.15, -0.1) is 0 Å². The number of rotatable bonds is 9. The van der Waals surface area contributed by atoms with Gasteiger partial charge < -0.3 is 18.9 Å². The lowest BCUT2D eigenvalue weighted by molar-refractivity contribution is 0.444. The Morgan fingerprint density at radius 1 is 0.309 bits per heavy atom. The Bertz CT molecular complexity index is 5020. The summed E-state index contributed by atoms with van der Waals surface area (Å²) in [6.07, 6.45) is 5.95. The van der Waals surface area contributed by atoms with E-state index < -0.39 is 0 Å². The minimum Gasteiger partial charge on any atom is -0.310 e. The summed E-state index contributed by atoms with van der Waals surface area (Å²) in [6, 6.07) is 112. The highest BCUT2D eigenvalue weighted by atomic mass is 15.2. The summed E-state index contributed by atoms with van der Waals surface area (Å²) < 4.78 is 5.04. The number of benzene rings is 13. The van der Waals surface area contributed by atoms with Crippen LogP contribution in [0.5, 0.6) is 0 Å². The molecule has 1 fully saturated rings. The summed E-state index contributed by atoms with van der Waals surface area (Å²) in [5.74, 6) is 0.351. The number of aromatic nitrogens is 2. The maximum atomic E-state index is 2.78. The van der Waals surface area contributed by atoms with Gasteiger partial charge in [-0.2, -0.15) is 0 Å². The maximum absolute atomic E-state index is 2.78. The van der Waals surface area contributed by atoms with Crippen LogP contribution in [-0.2, 0) is 10.8 Å². The van der Waals surface area contributed by atoms with Gasteiger partial charge in [0.1, 0.15) is 0 Å². The molecule has 0 saturated heterocycles. The molecule has 0 N–H and O–H groups in total. The third-order valence-corrected chi connectivity index (χ3v) is 21.6. The predicted molar refractivity (Wildman–Crippen MR) is 414 cm³/mol. The molecule has 97 heavy (non-hydrogen) atoms. The first kappa shape index (κ1) is 58.7. The zero-order valence-corrected chi connectivity index (χ0v) is 56.2. The molecule has 0 atom stereocenters. The Morgan fingerprint density at radius 3 is 0.938 bits per heavy atom. The largest absolute Gasteiger partial charge is 0.310 e. The molecule has 5 heteroatoms. The molecule has 0 unspecified atom stereocenters. The Hall–Kier alpha value is -10.9. The number of hydrogen-bond donors (Lipinski definition) is 0. The van der Waals surface area contributed by atoms with E-state index in [-0.39, 0.29) is 17.5 Å². The number of anilines is 6. The van der Waals surface area contributed by atoms with Crippen LogP contribution in [0.3, 0.4) is 0 Å². The highest BCUT2D eigenvalue weighted by Crippen LogP contribution is 2.56. The second kappa shape index (κ2) is 22.9. The van der Waals surface area contributed by atoms with E-state index in [0.29, 0.717) is 5.92 Å². The van der Waals surface area contributed by atoms with Crippen LogP contribution < -0.4 is 26.2 Å². The highest BCUT2D eigenvalue weighted by Gasteiger charge is 2.46. The fourth-order valence-corrected chi connectivity index (χ4v) is 16.8. The van der Waals surface area contributed by atoms with E-state index in [1.807, 2.05) is 0 Å². The standard InChI is InChI=1S/C92H77BN4/c1-91(2,3)66-54-74(61-32-14-8-15-33-61)89(75(55-66)62-34-16-9-17-35-62)96-84-58-68(94-80-44-26-22-40-70(80)71-41-23-27-45-81(71)94)48-50-78(84)93-79-51-49-69(95-82-46-28-24-42-72(82)73-43-25-29-47-83(73)95)59-85(79)97(87-53-65(52-86(96)88(87)93)60-30-12-7-13-31-60)90-76(63-36-18-10-19-37-63)56-67(92(4,5)6)57-77(90)64-38-20-11-21-39-64/h8-11,14-29,32-60H,7,12-13,30-31H2,1-6H3. The van der Waals surface area contributed by atoms with Gasteiger partial charge in [0, 0.05) is 77.9 Å². The van der Waals surface area contributed by atoms with Crippen molar-refractivity contribution in [2.24, 2.45) is 0 Å². The molecule has 13 aromatic carbocycles. The molecule has 4 heterocycles. The molecule has 468 valence electrons. The number of fused-ring (bicyclic) bond motifs is 10. The third kappa shape index (κ3) is 9.63. The van der Waals surface area contributed by atoms with Crippen LogP contribution in [0.25, 0.3) is 99.5 Å². The normalized spacial score (nSPS) is 14.0. The van der Waals surface area contributed by atoms with E-state index in [2.05, 4.69) is 352 Å². The maximum Gasteiger partial charge on any atom is 0.252 e. The van der Waals surface area contributed by atoms with Crippen LogP contribution in [-0.4, -0.2) is 15.8 Å². The lowest BCUT2D eigenvalue weighted by Gasteiger charge is -2.46. The highest BCUT2D eigenvalue weighted by molar-refractivity contribution is 7.00. The van der Waals surface area contributed by atoms with E-state index >= 15 is 0 Å². The van der Waals surface area contributed by atoms with Crippen molar-refractivity contribution in [2.75, 3.05) is 9.80 Å². The first-order valence-electron chi connectivity index (χ1n) is 35.0. The molecule has 0 radical (unpaired) electrons. The first-order chi connectivity index (χ1) is 47.4. The summed E-state index contributed by atoms with van der Waals surface area (Å²) in [5.41, 5.74) is 31.2. The molecule has 2 aliphatic heterocycles. The summed E-state index contributed by atoms with van der Waals surface area (Å²) >= 11 is 0. The van der Waals surface area contributed by atoms with Crippen molar-refractivity contribution in [3.8, 4) is 55.9 Å². The van der Waals surface area contributed by atoms with Gasteiger partial charge in [0.15, 0.2) is 0 Å². The second-order valence-corrected chi connectivity index (χ2v) is 29.4. The minimum atomic E-state index is -0.189. The van der Waals surface area contributed by atoms with E-state index in [1.165, 1.54) is 175 Å². The van der Waals surface area contributed by atoms with E-state index in [0.717, 1.165) is 24.2 Å². The molecule has 0 amide bonds. The summed E-state index contributed by atoms with van der Waals surface area (Å²) in [7, 11) is 0. The minimum absolute atomic E-state index is 0.169. The van der Waals surface area contributed by atoms with E-state index in [4.69, 9.17) is 0 Å². The molecule has 15 aromatic rings. The number of para-hydroxylation sites is 4. The molecule has 1 saturated carbocycles. The Balaban J connectivity index is 1.04. The fraction of sp³-hybridized carbons (Fsp3) is 0.152. The zero-order chi connectivity index (χ0) is 65.3. The monoisotopic (exact) mass is 1250 g/mol. The van der Waals surface area contributed by atoms with Gasteiger partial charge in [-0.25, -0.2) is 0 Å². The van der Waals surface area contributed by atoms with Gasteiger partial charge in [0.25, 0.3) is 6.71 Å². The number of hydrogen-bond acceptors (Lipinski definition) is 2. The van der Waals surface area contributed by atoms with Gasteiger partial charge in [0.2, 0.25) is 0 Å². The molecule has 1 aliphatic carbocycles. The van der Waals surface area contributed by atoms with Crippen molar-refractivity contribution < 1.29 is 0 Å². The molecule has 2 aromatic heterocycles. The average Bonchev–Trinajstić information content (AvgIpc) is 1.09. The summed E-state index contributed by atoms with van der Waals surface area (Å²) in [4.78, 5) is 5.56. The van der Waals surface area contributed by atoms with Crippen LogP contribution in [0.4, 0.5) is 34.1 Å². The average molecular weight is 1250 g/mol. The zero-order valence-electron chi connectivity index (χ0n) is 56.2. The predicted octanol–water partition coefficient (Wildman–Crippen LogP) is 23.3. The van der Waals surface area contributed by atoms with Crippen molar-refractivity contribution in [2.45, 2.75) is 90.4 Å². The quantitative estimate of drug-likeness (QED) is 0.134. The Kier molecular flexibility index (Phi) is 13.9. The van der Waals surface area contributed by atoms with Crippen molar-refractivity contribution in [1.82, 2.24) is 9.13 Å². The van der Waals surface area contributed by atoms with Gasteiger partial charge in [-0.3, -0.25) is 0 Å². The van der Waals surface area contributed by atoms with Crippen LogP contribution in [0.1, 0.15) is 96.3 Å². The lowest BCUT2D eigenvalue weighted by Crippen LogP contribution is -2.61. The van der Waals surface area contributed by atoms with Crippen molar-refractivity contribution in [1.29, 1.82) is 0 Å². The topological polar surface area (TPSA) is 16.3 Å². The van der Waals surface area contributed by atoms with Crippen LogP contribution in [0, 0.1) is 0 Å².